The van der Waals surface area contributed by atoms with Crippen LogP contribution in [0.1, 0.15) is 12.8 Å². The first-order chi connectivity index (χ1) is 8.33. The predicted molar refractivity (Wildman–Crippen MR) is 62.3 cm³/mol. The second-order valence-corrected chi connectivity index (χ2v) is 3.93. The first-order valence-corrected chi connectivity index (χ1v) is 5.52. The van der Waals surface area contributed by atoms with Gasteiger partial charge in [0.05, 0.1) is 6.07 Å². The van der Waals surface area contributed by atoms with E-state index in [-0.39, 0.29) is 5.92 Å². The standard InChI is InChI=1S/C11H13N5O/c12-7-9-3-5-16(6-4-9)11-2-1-10(13-8-17)14-15-11/h1-2,8-9H,3-6H2,(H,13,14,17). The Morgan fingerprint density at radius 3 is 2.71 bits per heavy atom. The SMILES string of the molecule is N#CC1CCN(c2ccc(NC=O)nn2)CC1. The minimum Gasteiger partial charge on any atom is -0.355 e. The molecule has 1 saturated heterocycles. The van der Waals surface area contributed by atoms with Crippen LogP contribution in [0.4, 0.5) is 11.6 Å². The molecule has 1 aliphatic heterocycles. The molecule has 0 aliphatic carbocycles. The number of nitriles is 1. The normalized spacial score (nSPS) is 16.3. The molecule has 88 valence electrons. The van der Waals surface area contributed by atoms with Crippen molar-refractivity contribution in [2.75, 3.05) is 23.3 Å². The fourth-order valence-electron chi connectivity index (χ4n) is 1.87. The molecule has 0 aromatic carbocycles. The third-order valence-electron chi connectivity index (χ3n) is 2.86. The van der Waals surface area contributed by atoms with Crippen LogP contribution in [0.3, 0.4) is 0 Å². The van der Waals surface area contributed by atoms with Crippen LogP contribution in [0.5, 0.6) is 0 Å². The minimum absolute atomic E-state index is 0.162. The van der Waals surface area contributed by atoms with Crippen LogP contribution in [0.15, 0.2) is 12.1 Å². The Labute approximate surface area is 99.3 Å². The molecule has 0 unspecified atom stereocenters. The highest BCUT2D eigenvalue weighted by Gasteiger charge is 2.19. The Morgan fingerprint density at radius 1 is 1.41 bits per heavy atom. The van der Waals surface area contributed by atoms with E-state index in [4.69, 9.17) is 5.26 Å². The van der Waals surface area contributed by atoms with Crippen molar-refractivity contribution in [1.82, 2.24) is 10.2 Å². The average molecular weight is 231 g/mol. The monoisotopic (exact) mass is 231 g/mol. The zero-order chi connectivity index (χ0) is 12.1. The van der Waals surface area contributed by atoms with Crippen LogP contribution >= 0.6 is 0 Å². The van der Waals surface area contributed by atoms with E-state index in [9.17, 15) is 4.79 Å². The molecule has 0 radical (unpaired) electrons. The van der Waals surface area contributed by atoms with Gasteiger partial charge >= 0.3 is 0 Å². The zero-order valence-electron chi connectivity index (χ0n) is 9.33. The molecule has 0 spiro atoms. The number of hydrogen-bond donors (Lipinski definition) is 1. The van der Waals surface area contributed by atoms with Gasteiger partial charge in [0.25, 0.3) is 0 Å². The maximum atomic E-state index is 10.2. The fourth-order valence-corrected chi connectivity index (χ4v) is 1.87. The summed E-state index contributed by atoms with van der Waals surface area (Å²) in [5.74, 6) is 1.39. The van der Waals surface area contributed by atoms with Crippen LogP contribution in [0.2, 0.25) is 0 Å². The number of nitrogens with one attached hydrogen (secondary N) is 1. The van der Waals surface area contributed by atoms with Gasteiger partial charge in [0, 0.05) is 19.0 Å². The molecule has 2 heterocycles. The Bertz CT molecular complexity index is 416. The maximum absolute atomic E-state index is 10.2. The lowest BCUT2D eigenvalue weighted by molar-refractivity contribution is -0.105. The van der Waals surface area contributed by atoms with Gasteiger partial charge in [0.15, 0.2) is 11.6 Å². The summed E-state index contributed by atoms with van der Waals surface area (Å²) in [7, 11) is 0. The van der Waals surface area contributed by atoms with E-state index in [1.54, 1.807) is 6.07 Å². The first kappa shape index (κ1) is 11.3. The Morgan fingerprint density at radius 2 is 2.18 bits per heavy atom. The molecular weight excluding hydrogens is 218 g/mol. The topological polar surface area (TPSA) is 81.9 Å². The Balaban J connectivity index is 1.99. The van der Waals surface area contributed by atoms with Gasteiger partial charge in [-0.3, -0.25) is 4.79 Å². The average Bonchev–Trinajstić information content (AvgIpc) is 2.40. The van der Waals surface area contributed by atoms with Gasteiger partial charge in [-0.25, -0.2) is 0 Å². The summed E-state index contributed by atoms with van der Waals surface area (Å²) in [4.78, 5) is 12.3. The third-order valence-corrected chi connectivity index (χ3v) is 2.86. The van der Waals surface area contributed by atoms with E-state index in [1.165, 1.54) is 0 Å². The van der Waals surface area contributed by atoms with Crippen molar-refractivity contribution in [3.8, 4) is 6.07 Å². The number of carbonyl (C=O) groups is 1. The molecule has 0 atom stereocenters. The molecule has 2 rings (SSSR count). The van der Waals surface area contributed by atoms with E-state index >= 15 is 0 Å². The lowest BCUT2D eigenvalue weighted by atomic mass is 9.99. The van der Waals surface area contributed by atoms with Crippen LogP contribution in [0, 0.1) is 17.2 Å². The molecule has 0 bridgehead atoms. The largest absolute Gasteiger partial charge is 0.355 e. The molecule has 6 heteroatoms. The van der Waals surface area contributed by atoms with E-state index in [0.717, 1.165) is 31.7 Å². The summed E-state index contributed by atoms with van der Waals surface area (Å²) < 4.78 is 0. The molecule has 1 N–H and O–H groups in total. The van der Waals surface area contributed by atoms with Crippen LogP contribution in [-0.2, 0) is 4.79 Å². The molecular formula is C11H13N5O. The first-order valence-electron chi connectivity index (χ1n) is 5.52. The third kappa shape index (κ3) is 2.69. The number of aromatic nitrogens is 2. The van der Waals surface area contributed by atoms with E-state index in [2.05, 4.69) is 26.5 Å². The predicted octanol–water partition coefficient (Wildman–Crippen LogP) is 0.785. The molecule has 1 fully saturated rings. The van der Waals surface area contributed by atoms with E-state index in [0.29, 0.717) is 12.2 Å². The van der Waals surface area contributed by atoms with E-state index < -0.39 is 0 Å². The lowest BCUT2D eigenvalue weighted by Gasteiger charge is -2.29. The summed E-state index contributed by atoms with van der Waals surface area (Å²) in [6.45, 7) is 1.65. The summed E-state index contributed by atoms with van der Waals surface area (Å²) in [5, 5.41) is 19.2. The maximum Gasteiger partial charge on any atom is 0.212 e. The fraction of sp³-hybridized carbons (Fsp3) is 0.455. The highest BCUT2D eigenvalue weighted by Crippen LogP contribution is 2.21. The number of rotatable bonds is 3. The number of carbonyl (C=O) groups excluding carboxylic acids is 1. The number of piperidine rings is 1. The van der Waals surface area contributed by atoms with Crippen molar-refractivity contribution in [3.63, 3.8) is 0 Å². The minimum atomic E-state index is 0.162. The van der Waals surface area contributed by atoms with Crippen molar-refractivity contribution in [1.29, 1.82) is 5.26 Å². The number of hydrogen-bond acceptors (Lipinski definition) is 5. The zero-order valence-corrected chi connectivity index (χ0v) is 9.33. The van der Waals surface area contributed by atoms with Crippen LogP contribution in [0.25, 0.3) is 0 Å². The van der Waals surface area contributed by atoms with Gasteiger partial charge in [0.2, 0.25) is 6.41 Å². The second kappa shape index (κ2) is 5.25. The van der Waals surface area contributed by atoms with Crippen molar-refractivity contribution in [2.45, 2.75) is 12.8 Å². The number of nitrogens with zero attached hydrogens (tertiary/aromatic N) is 4. The molecule has 1 amide bonds. The molecule has 6 nitrogen and oxygen atoms in total. The summed E-state index contributed by atoms with van der Waals surface area (Å²) in [5.41, 5.74) is 0. The lowest BCUT2D eigenvalue weighted by Crippen LogP contribution is -2.33. The highest BCUT2D eigenvalue weighted by molar-refractivity contribution is 5.68. The van der Waals surface area contributed by atoms with Gasteiger partial charge in [-0.2, -0.15) is 5.26 Å². The van der Waals surface area contributed by atoms with Crippen molar-refractivity contribution >= 4 is 18.0 Å². The summed E-state index contributed by atoms with van der Waals surface area (Å²) in [6.07, 6.45) is 2.31. The highest BCUT2D eigenvalue weighted by atomic mass is 16.1. The number of amides is 1. The van der Waals surface area contributed by atoms with Gasteiger partial charge in [0.1, 0.15) is 0 Å². The second-order valence-electron chi connectivity index (χ2n) is 3.93. The molecule has 1 aromatic heterocycles. The van der Waals surface area contributed by atoms with E-state index in [1.807, 2.05) is 6.07 Å². The Kier molecular flexibility index (Phi) is 3.50. The van der Waals surface area contributed by atoms with Crippen molar-refractivity contribution in [2.24, 2.45) is 5.92 Å². The van der Waals surface area contributed by atoms with Crippen molar-refractivity contribution < 1.29 is 4.79 Å². The summed E-state index contributed by atoms with van der Waals surface area (Å²) >= 11 is 0. The van der Waals surface area contributed by atoms with Crippen LogP contribution in [-0.4, -0.2) is 29.7 Å². The summed E-state index contributed by atoms with van der Waals surface area (Å²) in [6, 6.07) is 5.83. The number of anilines is 2. The van der Waals surface area contributed by atoms with Crippen molar-refractivity contribution in [3.05, 3.63) is 12.1 Å². The molecule has 1 aromatic rings. The molecule has 17 heavy (non-hydrogen) atoms. The smallest absolute Gasteiger partial charge is 0.212 e. The molecule has 1 aliphatic rings. The van der Waals surface area contributed by atoms with Crippen LogP contribution < -0.4 is 10.2 Å². The van der Waals surface area contributed by atoms with Gasteiger partial charge in [-0.1, -0.05) is 0 Å². The van der Waals surface area contributed by atoms with Gasteiger partial charge in [-0.05, 0) is 25.0 Å². The van der Waals surface area contributed by atoms with Gasteiger partial charge < -0.3 is 10.2 Å². The van der Waals surface area contributed by atoms with Gasteiger partial charge in [-0.15, -0.1) is 10.2 Å². The molecule has 0 saturated carbocycles. The Hall–Kier alpha value is -2.16. The quantitative estimate of drug-likeness (QED) is 0.777.